The molecule has 3 N–H and O–H groups in total. The van der Waals surface area contributed by atoms with Crippen molar-refractivity contribution < 1.29 is 19.4 Å². The van der Waals surface area contributed by atoms with E-state index in [0.717, 1.165) is 29.8 Å². The normalized spacial score (nSPS) is 20.0. The molecule has 8 nitrogen and oxygen atoms in total. The van der Waals surface area contributed by atoms with Crippen molar-refractivity contribution in [1.82, 2.24) is 9.91 Å². The topological polar surface area (TPSA) is 108 Å². The number of ketones is 1. The lowest BCUT2D eigenvalue weighted by molar-refractivity contribution is -0.140. The van der Waals surface area contributed by atoms with Crippen molar-refractivity contribution in [3.05, 3.63) is 70.3 Å². The van der Waals surface area contributed by atoms with Crippen molar-refractivity contribution in [2.24, 2.45) is 10.8 Å². The second-order valence-corrected chi connectivity index (χ2v) is 8.48. The van der Waals surface area contributed by atoms with Crippen LogP contribution in [-0.4, -0.2) is 72.4 Å². The summed E-state index contributed by atoms with van der Waals surface area (Å²) in [5, 5.41) is 15.7. The van der Waals surface area contributed by atoms with E-state index in [9.17, 15) is 14.7 Å². The summed E-state index contributed by atoms with van der Waals surface area (Å²) in [6, 6.07) is 13.0. The molecule has 0 aliphatic carbocycles. The third kappa shape index (κ3) is 6.39. The van der Waals surface area contributed by atoms with Gasteiger partial charge < -0.3 is 15.6 Å². The number of morpholine rings is 1. The molecule has 2 heterocycles. The zero-order valence-corrected chi connectivity index (χ0v) is 21.3. The molecule has 190 valence electrons. The molecule has 1 atom stereocenters. The molecule has 2 aromatic rings. The van der Waals surface area contributed by atoms with Crippen LogP contribution in [0.2, 0.25) is 0 Å². The zero-order valence-electron chi connectivity index (χ0n) is 19.7. The Balaban J connectivity index is 0.00000216. The number of carbonyl (C=O) groups is 2. The van der Waals surface area contributed by atoms with Crippen LogP contribution in [0.1, 0.15) is 46.0 Å². The molecule has 1 fully saturated rings. The Morgan fingerprint density at radius 3 is 2.37 bits per heavy atom. The van der Waals surface area contributed by atoms with Gasteiger partial charge in [-0.3, -0.25) is 19.5 Å². The minimum absolute atomic E-state index is 0. The fraction of sp³-hybridized carbons (Fsp3) is 0.400. The number of fused-ring (bicyclic) bond motifs is 1. The van der Waals surface area contributed by atoms with Gasteiger partial charge in [-0.25, -0.2) is 0 Å². The van der Waals surface area contributed by atoms with Gasteiger partial charge >= 0.3 is 5.97 Å². The van der Waals surface area contributed by atoms with E-state index in [0.29, 0.717) is 43.7 Å². The van der Waals surface area contributed by atoms with E-state index in [1.54, 1.807) is 23.2 Å². The first-order valence-electron chi connectivity index (χ1n) is 11.3. The van der Waals surface area contributed by atoms with Crippen LogP contribution in [0, 0.1) is 0 Å². The molecule has 0 bridgehead atoms. The monoisotopic (exact) mass is 522 g/mol. The number of carboxylic acids is 1. The fourth-order valence-corrected chi connectivity index (χ4v) is 4.47. The van der Waals surface area contributed by atoms with Gasteiger partial charge in [-0.15, -0.1) is 24.8 Å². The first-order chi connectivity index (χ1) is 15.9. The standard InChI is InChI=1S/C25H30N4O4.2ClH/c1-2-25(26)22-15-21(8-7-19(22)9-10-28(25)17-23(30)31)24(32)20-5-3-18(4-6-20)16-27-29-11-13-33-14-12-29;;/h3-8,15-16H,2,9-14,17,26H2,1H3,(H,30,31);2*1H. The largest absolute Gasteiger partial charge is 0.480 e. The van der Waals surface area contributed by atoms with E-state index in [2.05, 4.69) is 5.10 Å². The SMILES string of the molecule is CCC1(N)c2cc(C(=O)c3ccc(C=NN4CCOCC4)cc3)ccc2CCN1CC(=O)O.Cl.Cl. The van der Waals surface area contributed by atoms with E-state index < -0.39 is 11.6 Å². The Bertz CT molecular complexity index is 1060. The third-order valence-electron chi connectivity index (χ3n) is 6.45. The molecule has 0 radical (unpaired) electrons. The molecule has 1 saturated heterocycles. The Labute approximate surface area is 217 Å². The van der Waals surface area contributed by atoms with Crippen molar-refractivity contribution in [2.45, 2.75) is 25.4 Å². The second kappa shape index (κ2) is 12.5. The molecular weight excluding hydrogens is 491 g/mol. The van der Waals surface area contributed by atoms with Crippen molar-refractivity contribution in [2.75, 3.05) is 39.4 Å². The van der Waals surface area contributed by atoms with Crippen LogP contribution in [-0.2, 0) is 21.6 Å². The van der Waals surface area contributed by atoms with Gasteiger partial charge in [0, 0.05) is 17.7 Å². The number of benzene rings is 2. The molecule has 10 heteroatoms. The minimum atomic E-state index is -0.915. The highest BCUT2D eigenvalue weighted by atomic mass is 35.5. The maximum absolute atomic E-state index is 13.2. The summed E-state index contributed by atoms with van der Waals surface area (Å²) >= 11 is 0. The van der Waals surface area contributed by atoms with Crippen LogP contribution in [0.3, 0.4) is 0 Å². The van der Waals surface area contributed by atoms with Gasteiger partial charge in [-0.2, -0.15) is 5.10 Å². The zero-order chi connectivity index (χ0) is 23.4. The summed E-state index contributed by atoms with van der Waals surface area (Å²) < 4.78 is 5.32. The Morgan fingerprint density at radius 2 is 1.74 bits per heavy atom. The number of nitrogens with zero attached hydrogens (tertiary/aromatic N) is 3. The van der Waals surface area contributed by atoms with Crippen LogP contribution in [0.25, 0.3) is 0 Å². The van der Waals surface area contributed by atoms with E-state index in [4.69, 9.17) is 10.5 Å². The molecule has 2 aliphatic heterocycles. The molecule has 2 aliphatic rings. The van der Waals surface area contributed by atoms with Gasteiger partial charge in [0.1, 0.15) is 0 Å². The van der Waals surface area contributed by atoms with Gasteiger partial charge in [-0.05, 0) is 35.6 Å². The molecule has 1 unspecified atom stereocenters. The highest BCUT2D eigenvalue weighted by molar-refractivity contribution is 6.09. The van der Waals surface area contributed by atoms with Crippen molar-refractivity contribution in [3.8, 4) is 0 Å². The Morgan fingerprint density at radius 1 is 1.09 bits per heavy atom. The fourth-order valence-electron chi connectivity index (χ4n) is 4.47. The number of hydrogen-bond acceptors (Lipinski definition) is 7. The quantitative estimate of drug-likeness (QED) is 0.425. The molecule has 0 aromatic heterocycles. The Hall–Kier alpha value is -2.49. The number of hydrogen-bond donors (Lipinski definition) is 2. The number of aliphatic carboxylic acids is 1. The summed E-state index contributed by atoms with van der Waals surface area (Å²) in [5.74, 6) is -1.01. The van der Waals surface area contributed by atoms with E-state index in [-0.39, 0.29) is 37.1 Å². The van der Waals surface area contributed by atoms with Crippen molar-refractivity contribution >= 4 is 42.8 Å². The van der Waals surface area contributed by atoms with Crippen LogP contribution >= 0.6 is 24.8 Å². The number of ether oxygens (including phenoxy) is 1. The van der Waals surface area contributed by atoms with Crippen LogP contribution in [0.4, 0.5) is 0 Å². The maximum atomic E-state index is 13.2. The third-order valence-corrected chi connectivity index (χ3v) is 6.45. The second-order valence-electron chi connectivity index (χ2n) is 8.48. The number of halogens is 2. The van der Waals surface area contributed by atoms with Crippen LogP contribution in [0.5, 0.6) is 0 Å². The van der Waals surface area contributed by atoms with E-state index >= 15 is 0 Å². The smallest absolute Gasteiger partial charge is 0.317 e. The summed E-state index contributed by atoms with van der Waals surface area (Å²) in [6.07, 6.45) is 3.04. The molecule has 4 rings (SSSR count). The molecular formula is C25H32Cl2N4O4. The predicted molar refractivity (Wildman–Crippen MR) is 140 cm³/mol. The predicted octanol–water partition coefficient (Wildman–Crippen LogP) is 2.89. The first kappa shape index (κ1) is 28.7. The lowest BCUT2D eigenvalue weighted by atomic mass is 9.84. The number of carbonyl (C=O) groups excluding carboxylic acids is 1. The number of rotatable bonds is 7. The van der Waals surface area contributed by atoms with Gasteiger partial charge in [0.2, 0.25) is 0 Å². The summed E-state index contributed by atoms with van der Waals surface area (Å²) in [4.78, 5) is 26.3. The number of nitrogens with two attached hydrogens (primary N) is 1. The maximum Gasteiger partial charge on any atom is 0.317 e. The van der Waals surface area contributed by atoms with Crippen molar-refractivity contribution in [3.63, 3.8) is 0 Å². The molecule has 0 amide bonds. The molecule has 0 saturated carbocycles. The van der Waals surface area contributed by atoms with Gasteiger partial charge in [0.15, 0.2) is 5.78 Å². The highest BCUT2D eigenvalue weighted by Gasteiger charge is 2.39. The van der Waals surface area contributed by atoms with Gasteiger partial charge in [0.25, 0.3) is 0 Å². The molecule has 0 spiro atoms. The number of hydrazone groups is 1. The number of carboxylic acid groups (broad SMARTS) is 1. The van der Waals surface area contributed by atoms with Crippen molar-refractivity contribution in [1.29, 1.82) is 0 Å². The lowest BCUT2D eigenvalue weighted by Gasteiger charge is -2.44. The average molecular weight is 523 g/mol. The molecule has 35 heavy (non-hydrogen) atoms. The van der Waals surface area contributed by atoms with Gasteiger partial charge in [-0.1, -0.05) is 43.3 Å². The Kier molecular flexibility index (Phi) is 10.2. The summed E-state index contributed by atoms with van der Waals surface area (Å²) in [6.45, 7) is 5.30. The highest BCUT2D eigenvalue weighted by Crippen LogP contribution is 2.35. The first-order valence-corrected chi connectivity index (χ1v) is 11.3. The average Bonchev–Trinajstić information content (AvgIpc) is 2.84. The van der Waals surface area contributed by atoms with Gasteiger partial charge in [0.05, 0.1) is 44.7 Å². The summed E-state index contributed by atoms with van der Waals surface area (Å²) in [7, 11) is 0. The van der Waals surface area contributed by atoms with E-state index in [1.807, 2.05) is 42.3 Å². The van der Waals surface area contributed by atoms with E-state index in [1.165, 1.54) is 0 Å². The van der Waals surface area contributed by atoms with Crippen LogP contribution < -0.4 is 5.73 Å². The van der Waals surface area contributed by atoms with Crippen LogP contribution in [0.15, 0.2) is 47.6 Å². The lowest BCUT2D eigenvalue weighted by Crippen LogP contribution is -2.57. The summed E-state index contributed by atoms with van der Waals surface area (Å²) in [5.41, 5.74) is 9.73. The molecule has 2 aromatic carbocycles. The minimum Gasteiger partial charge on any atom is -0.480 e.